The van der Waals surface area contributed by atoms with Gasteiger partial charge in [-0.05, 0) is 55.0 Å². The minimum absolute atomic E-state index is 0.0197. The van der Waals surface area contributed by atoms with Crippen molar-refractivity contribution >= 4 is 44.5 Å². The summed E-state index contributed by atoms with van der Waals surface area (Å²) in [7, 11) is -3.22. The van der Waals surface area contributed by atoms with Crippen molar-refractivity contribution in [1.29, 1.82) is 0 Å². The summed E-state index contributed by atoms with van der Waals surface area (Å²) < 4.78 is 25.5. The van der Waals surface area contributed by atoms with Crippen molar-refractivity contribution in [2.24, 2.45) is 5.92 Å². The lowest BCUT2D eigenvalue weighted by atomic mass is 9.97. The lowest BCUT2D eigenvalue weighted by Gasteiger charge is -2.31. The average Bonchev–Trinajstić information content (AvgIpc) is 3.37. The van der Waals surface area contributed by atoms with Crippen molar-refractivity contribution in [3.8, 4) is 0 Å². The first kappa shape index (κ1) is 19.9. The van der Waals surface area contributed by atoms with Crippen molar-refractivity contribution < 1.29 is 18.0 Å². The molecule has 2 amide bonds. The molecular weight excluding hydrogens is 410 g/mol. The molecular formula is C20H23N3O4S2. The van der Waals surface area contributed by atoms with Crippen molar-refractivity contribution in [3.05, 3.63) is 46.7 Å². The molecule has 1 N–H and O–H groups in total. The summed E-state index contributed by atoms with van der Waals surface area (Å²) in [4.78, 5) is 27.7. The summed E-state index contributed by atoms with van der Waals surface area (Å²) in [5.41, 5.74) is 1.24. The maximum Gasteiger partial charge on any atom is 0.263 e. The van der Waals surface area contributed by atoms with Crippen LogP contribution in [0.3, 0.4) is 0 Å². The Balaban J connectivity index is 1.38. The summed E-state index contributed by atoms with van der Waals surface area (Å²) in [6, 6.07) is 10.5. The third-order valence-corrected chi connectivity index (χ3v) is 8.06. The molecule has 2 aliphatic heterocycles. The van der Waals surface area contributed by atoms with E-state index in [-0.39, 0.29) is 23.5 Å². The van der Waals surface area contributed by atoms with Crippen LogP contribution in [0.1, 0.15) is 28.9 Å². The highest BCUT2D eigenvalue weighted by molar-refractivity contribution is 7.93. The van der Waals surface area contributed by atoms with Gasteiger partial charge in [-0.2, -0.15) is 0 Å². The van der Waals surface area contributed by atoms with Gasteiger partial charge in [0.15, 0.2) is 0 Å². The number of benzene rings is 1. The van der Waals surface area contributed by atoms with Crippen LogP contribution >= 0.6 is 11.3 Å². The molecule has 9 heteroatoms. The number of likely N-dealkylation sites (tertiary alicyclic amines) is 1. The van der Waals surface area contributed by atoms with Crippen molar-refractivity contribution in [1.82, 2.24) is 4.90 Å². The maximum atomic E-state index is 12.7. The molecule has 29 heavy (non-hydrogen) atoms. The van der Waals surface area contributed by atoms with Crippen LogP contribution in [0.4, 0.5) is 11.4 Å². The van der Waals surface area contributed by atoms with Crippen LogP contribution in [0.2, 0.25) is 0 Å². The molecule has 2 saturated heterocycles. The molecule has 1 atom stereocenters. The van der Waals surface area contributed by atoms with Crippen molar-refractivity contribution in [3.63, 3.8) is 0 Å². The van der Waals surface area contributed by atoms with Gasteiger partial charge in [0.05, 0.1) is 22.2 Å². The third kappa shape index (κ3) is 4.30. The molecule has 0 aliphatic carbocycles. The Bertz CT molecular complexity index is 987. The number of hydrogen-bond donors (Lipinski definition) is 1. The van der Waals surface area contributed by atoms with Crippen molar-refractivity contribution in [2.45, 2.75) is 19.3 Å². The van der Waals surface area contributed by atoms with E-state index in [1.165, 1.54) is 15.6 Å². The van der Waals surface area contributed by atoms with Crippen LogP contribution in [-0.4, -0.2) is 50.5 Å². The molecule has 154 valence electrons. The van der Waals surface area contributed by atoms with Gasteiger partial charge in [0.25, 0.3) is 5.91 Å². The molecule has 2 fully saturated rings. The summed E-state index contributed by atoms with van der Waals surface area (Å²) in [5.74, 6) is -0.219. The minimum Gasteiger partial charge on any atom is -0.337 e. The molecule has 0 spiro atoms. The topological polar surface area (TPSA) is 86.8 Å². The summed E-state index contributed by atoms with van der Waals surface area (Å²) >= 11 is 1.41. The van der Waals surface area contributed by atoms with Gasteiger partial charge in [-0.3, -0.25) is 13.9 Å². The van der Waals surface area contributed by atoms with Crippen LogP contribution in [0.25, 0.3) is 0 Å². The van der Waals surface area contributed by atoms with Crippen LogP contribution < -0.4 is 9.62 Å². The highest BCUT2D eigenvalue weighted by Gasteiger charge is 2.30. The number of carbonyl (C=O) groups excluding carboxylic acids is 2. The Hall–Kier alpha value is -2.39. The van der Waals surface area contributed by atoms with Crippen molar-refractivity contribution in [2.75, 3.05) is 35.0 Å². The second-order valence-electron chi connectivity index (χ2n) is 7.35. The Morgan fingerprint density at radius 3 is 2.52 bits per heavy atom. The number of thiophene rings is 1. The Labute approximate surface area is 174 Å². The number of nitrogens with one attached hydrogen (secondary N) is 1. The number of hydrogen-bond acceptors (Lipinski definition) is 5. The zero-order chi connectivity index (χ0) is 20.4. The lowest BCUT2D eigenvalue weighted by Crippen LogP contribution is -2.43. The monoisotopic (exact) mass is 433 g/mol. The number of piperidine rings is 1. The average molecular weight is 434 g/mol. The van der Waals surface area contributed by atoms with E-state index in [0.29, 0.717) is 42.3 Å². The van der Waals surface area contributed by atoms with E-state index in [1.54, 1.807) is 35.2 Å². The molecule has 7 nitrogen and oxygen atoms in total. The number of nitrogens with zero attached hydrogens (tertiary/aromatic N) is 2. The number of carbonyl (C=O) groups is 2. The molecule has 1 unspecified atom stereocenters. The SMILES string of the molecule is O=C(Nc1ccc(N2CCCS2(=O)=O)cc1)C1CCCN(C(=O)c2cccs2)C1. The number of amides is 2. The summed E-state index contributed by atoms with van der Waals surface area (Å²) in [6.45, 7) is 1.57. The fourth-order valence-corrected chi connectivity index (χ4v) is 6.07. The first-order valence-electron chi connectivity index (χ1n) is 9.68. The van der Waals surface area contributed by atoms with Crippen LogP contribution in [0.15, 0.2) is 41.8 Å². The second-order valence-corrected chi connectivity index (χ2v) is 10.3. The summed E-state index contributed by atoms with van der Waals surface area (Å²) in [5, 5.41) is 4.78. The standard InChI is InChI=1S/C20H23N3O4S2/c24-19(15-4-1-10-22(14-15)20(25)18-5-2-12-28-18)21-16-6-8-17(9-7-16)23-11-3-13-29(23,26)27/h2,5-9,12,15H,1,3-4,10-11,13-14H2,(H,21,24). The maximum absolute atomic E-state index is 12.7. The molecule has 0 saturated carbocycles. The van der Waals surface area contributed by atoms with E-state index in [9.17, 15) is 18.0 Å². The van der Waals surface area contributed by atoms with Crippen LogP contribution in [0.5, 0.6) is 0 Å². The molecule has 3 heterocycles. The smallest absolute Gasteiger partial charge is 0.263 e. The van der Waals surface area contributed by atoms with Gasteiger partial charge in [0.1, 0.15) is 0 Å². The highest BCUT2D eigenvalue weighted by Crippen LogP contribution is 2.26. The highest BCUT2D eigenvalue weighted by atomic mass is 32.2. The quantitative estimate of drug-likeness (QED) is 0.803. The van der Waals surface area contributed by atoms with Gasteiger partial charge in [-0.25, -0.2) is 8.42 Å². The Morgan fingerprint density at radius 1 is 1.07 bits per heavy atom. The predicted octanol–water partition coefficient (Wildman–Crippen LogP) is 2.78. The molecule has 0 radical (unpaired) electrons. The first-order valence-corrected chi connectivity index (χ1v) is 12.2. The van der Waals surface area contributed by atoms with Gasteiger partial charge in [-0.15, -0.1) is 11.3 Å². The van der Waals surface area contributed by atoms with Gasteiger partial charge in [0, 0.05) is 25.3 Å². The fourth-order valence-electron chi connectivity index (χ4n) is 3.82. The molecule has 0 bridgehead atoms. The van der Waals surface area contributed by atoms with E-state index in [4.69, 9.17) is 0 Å². The number of anilines is 2. The van der Waals surface area contributed by atoms with Gasteiger partial charge < -0.3 is 10.2 Å². The third-order valence-electron chi connectivity index (χ3n) is 5.33. The zero-order valence-electron chi connectivity index (χ0n) is 15.9. The van der Waals surface area contributed by atoms with E-state index in [0.717, 1.165) is 12.8 Å². The molecule has 2 aromatic rings. The van der Waals surface area contributed by atoms with E-state index < -0.39 is 10.0 Å². The minimum atomic E-state index is -3.22. The van der Waals surface area contributed by atoms with E-state index in [2.05, 4.69) is 5.32 Å². The predicted molar refractivity (Wildman–Crippen MR) is 114 cm³/mol. The molecule has 1 aromatic carbocycles. The fraction of sp³-hybridized carbons (Fsp3) is 0.400. The molecule has 4 rings (SSSR count). The van der Waals surface area contributed by atoms with Gasteiger partial charge in [0.2, 0.25) is 15.9 Å². The largest absolute Gasteiger partial charge is 0.337 e. The zero-order valence-corrected chi connectivity index (χ0v) is 17.5. The van der Waals surface area contributed by atoms with E-state index in [1.807, 2.05) is 11.4 Å². The Morgan fingerprint density at radius 2 is 1.86 bits per heavy atom. The number of rotatable bonds is 4. The molecule has 2 aliphatic rings. The molecule has 1 aromatic heterocycles. The first-order chi connectivity index (χ1) is 13.9. The second kappa shape index (κ2) is 8.16. The van der Waals surface area contributed by atoms with Crippen LogP contribution in [0, 0.1) is 5.92 Å². The lowest BCUT2D eigenvalue weighted by molar-refractivity contribution is -0.121. The normalized spacial score (nSPS) is 21.2. The van der Waals surface area contributed by atoms with E-state index >= 15 is 0 Å². The van der Waals surface area contributed by atoms with Gasteiger partial charge in [-0.1, -0.05) is 6.07 Å². The van der Waals surface area contributed by atoms with Crippen LogP contribution in [-0.2, 0) is 14.8 Å². The summed E-state index contributed by atoms with van der Waals surface area (Å²) in [6.07, 6.45) is 2.16. The number of sulfonamides is 1. The Kier molecular flexibility index (Phi) is 5.60. The van der Waals surface area contributed by atoms with Gasteiger partial charge >= 0.3 is 0 Å².